The Kier molecular flexibility index (Phi) is 3.96. The minimum Gasteiger partial charge on any atom is -0.355 e. The van der Waals surface area contributed by atoms with Crippen molar-refractivity contribution in [2.24, 2.45) is 0 Å². The lowest BCUT2D eigenvalue weighted by molar-refractivity contribution is 0.0950. The number of benzene rings is 1. The molecule has 1 aromatic carbocycles. The lowest BCUT2D eigenvalue weighted by atomic mass is 10.1. The monoisotopic (exact) mass is 293 g/mol. The summed E-state index contributed by atoms with van der Waals surface area (Å²) in [7, 11) is 0. The molecule has 22 heavy (non-hydrogen) atoms. The highest BCUT2D eigenvalue weighted by molar-refractivity contribution is 6.00. The smallest absolute Gasteiger partial charge is 0.257 e. The zero-order valence-electron chi connectivity index (χ0n) is 12.1. The van der Waals surface area contributed by atoms with Crippen molar-refractivity contribution in [3.05, 3.63) is 71.7 Å². The van der Waals surface area contributed by atoms with Crippen molar-refractivity contribution >= 4 is 5.91 Å². The minimum atomic E-state index is -0.207. The van der Waals surface area contributed by atoms with Crippen LogP contribution in [0, 0.1) is 6.92 Å². The number of aryl methyl sites for hydroxylation is 1. The fourth-order valence-electron chi connectivity index (χ4n) is 2.20. The number of hydrogen-bond donors (Lipinski definition) is 1. The van der Waals surface area contributed by atoms with Gasteiger partial charge in [-0.1, -0.05) is 41.6 Å². The Bertz CT molecular complexity index is 767. The summed E-state index contributed by atoms with van der Waals surface area (Å²) < 4.78 is 5.33. The van der Waals surface area contributed by atoms with Crippen molar-refractivity contribution < 1.29 is 9.32 Å². The average molecular weight is 293 g/mol. The highest BCUT2D eigenvalue weighted by atomic mass is 16.5. The molecule has 0 radical (unpaired) electrons. The van der Waals surface area contributed by atoms with E-state index < -0.39 is 0 Å². The molecule has 0 bridgehead atoms. The van der Waals surface area contributed by atoms with Crippen molar-refractivity contribution in [1.82, 2.24) is 15.5 Å². The average Bonchev–Trinajstić information content (AvgIpc) is 2.96. The zero-order valence-corrected chi connectivity index (χ0v) is 12.1. The Morgan fingerprint density at radius 1 is 1.18 bits per heavy atom. The number of rotatable bonds is 4. The number of carbonyl (C=O) groups is 1. The molecule has 2 aromatic heterocycles. The molecule has 0 aliphatic rings. The van der Waals surface area contributed by atoms with E-state index in [0.717, 1.165) is 11.1 Å². The molecule has 5 nitrogen and oxygen atoms in total. The van der Waals surface area contributed by atoms with Crippen LogP contribution in [0.5, 0.6) is 0 Å². The topological polar surface area (TPSA) is 68.0 Å². The molecular weight excluding hydrogens is 278 g/mol. The van der Waals surface area contributed by atoms with Gasteiger partial charge in [0, 0.05) is 24.5 Å². The summed E-state index contributed by atoms with van der Waals surface area (Å²) in [5, 5.41) is 6.79. The Morgan fingerprint density at radius 2 is 2.00 bits per heavy atom. The van der Waals surface area contributed by atoms with E-state index >= 15 is 0 Å². The molecule has 110 valence electrons. The van der Waals surface area contributed by atoms with Gasteiger partial charge in [-0.15, -0.1) is 0 Å². The molecule has 2 heterocycles. The summed E-state index contributed by atoms with van der Waals surface area (Å²) in [5.74, 6) is 0.281. The molecule has 3 aromatic rings. The highest BCUT2D eigenvalue weighted by Crippen LogP contribution is 2.25. The molecule has 3 rings (SSSR count). The molecule has 0 saturated heterocycles. The molecule has 0 aliphatic heterocycles. The number of nitrogens with zero attached hydrogens (tertiary/aromatic N) is 2. The summed E-state index contributed by atoms with van der Waals surface area (Å²) in [6, 6.07) is 13.2. The van der Waals surface area contributed by atoms with Gasteiger partial charge in [0.25, 0.3) is 5.91 Å². The normalized spacial score (nSPS) is 10.4. The van der Waals surface area contributed by atoms with E-state index in [4.69, 9.17) is 4.52 Å². The van der Waals surface area contributed by atoms with Crippen molar-refractivity contribution in [1.29, 1.82) is 0 Å². The molecule has 1 amide bonds. The van der Waals surface area contributed by atoms with Gasteiger partial charge in [0.05, 0.1) is 5.69 Å². The van der Waals surface area contributed by atoms with Crippen LogP contribution >= 0.6 is 0 Å². The van der Waals surface area contributed by atoms with Crippen LogP contribution in [0.25, 0.3) is 11.3 Å². The lowest BCUT2D eigenvalue weighted by Gasteiger charge is -2.05. The van der Waals surface area contributed by atoms with Crippen LogP contribution in [0.1, 0.15) is 21.6 Å². The molecule has 0 spiro atoms. The predicted octanol–water partition coefficient (Wildman–Crippen LogP) is 2.98. The molecular formula is C17H15N3O2. The minimum absolute atomic E-state index is 0.207. The molecule has 0 fully saturated rings. The lowest BCUT2D eigenvalue weighted by Crippen LogP contribution is -2.23. The Labute approximate surface area is 128 Å². The molecule has 0 aliphatic carbocycles. The van der Waals surface area contributed by atoms with Crippen LogP contribution < -0.4 is 5.32 Å². The van der Waals surface area contributed by atoms with Gasteiger partial charge >= 0.3 is 0 Å². The quantitative estimate of drug-likeness (QED) is 0.803. The second-order valence-electron chi connectivity index (χ2n) is 4.88. The zero-order chi connectivity index (χ0) is 15.4. The first kappa shape index (κ1) is 14.0. The number of nitrogens with one attached hydrogen (secondary N) is 1. The summed E-state index contributed by atoms with van der Waals surface area (Å²) in [6.07, 6.45) is 3.42. The third-order valence-corrected chi connectivity index (χ3v) is 3.30. The Hall–Kier alpha value is -2.95. The van der Waals surface area contributed by atoms with Gasteiger partial charge in [0.1, 0.15) is 5.56 Å². The third kappa shape index (κ3) is 2.88. The Balaban J connectivity index is 1.82. The van der Waals surface area contributed by atoms with Gasteiger partial charge < -0.3 is 9.84 Å². The molecule has 0 unspecified atom stereocenters. The maximum absolute atomic E-state index is 12.5. The second-order valence-corrected chi connectivity index (χ2v) is 4.88. The van der Waals surface area contributed by atoms with Gasteiger partial charge in [-0.05, 0) is 18.6 Å². The maximum Gasteiger partial charge on any atom is 0.257 e. The van der Waals surface area contributed by atoms with Crippen LogP contribution in [0.15, 0.2) is 59.4 Å². The predicted molar refractivity (Wildman–Crippen MR) is 82.1 cm³/mol. The van der Waals surface area contributed by atoms with E-state index in [1.807, 2.05) is 42.5 Å². The van der Waals surface area contributed by atoms with Gasteiger partial charge in [0.2, 0.25) is 0 Å². The first-order chi connectivity index (χ1) is 10.8. The van der Waals surface area contributed by atoms with Gasteiger partial charge in [-0.3, -0.25) is 9.78 Å². The van der Waals surface area contributed by atoms with E-state index in [2.05, 4.69) is 15.5 Å². The summed E-state index contributed by atoms with van der Waals surface area (Å²) in [6.45, 7) is 2.17. The highest BCUT2D eigenvalue weighted by Gasteiger charge is 2.21. The first-order valence-electron chi connectivity index (χ1n) is 6.94. The molecule has 1 N–H and O–H groups in total. The van der Waals surface area contributed by atoms with Crippen molar-refractivity contribution in [2.75, 3.05) is 0 Å². The number of amides is 1. The SMILES string of the molecule is Cc1noc(-c2ccccc2)c1C(=O)NCc1cccnc1. The van der Waals surface area contributed by atoms with E-state index in [1.165, 1.54) is 0 Å². The standard InChI is InChI=1S/C17H15N3O2/c1-12-15(16(22-20-12)14-7-3-2-4-8-14)17(21)19-11-13-6-5-9-18-10-13/h2-10H,11H2,1H3,(H,19,21). The fourth-order valence-corrected chi connectivity index (χ4v) is 2.20. The van der Waals surface area contributed by atoms with E-state index in [1.54, 1.807) is 19.3 Å². The summed E-state index contributed by atoms with van der Waals surface area (Å²) in [5.41, 5.74) is 2.80. The van der Waals surface area contributed by atoms with Crippen LogP contribution in [-0.4, -0.2) is 16.0 Å². The second kappa shape index (κ2) is 6.22. The number of hydrogen-bond acceptors (Lipinski definition) is 4. The van der Waals surface area contributed by atoms with Crippen LogP contribution in [0.4, 0.5) is 0 Å². The van der Waals surface area contributed by atoms with Gasteiger partial charge in [-0.25, -0.2) is 0 Å². The van der Waals surface area contributed by atoms with Crippen molar-refractivity contribution in [3.63, 3.8) is 0 Å². The van der Waals surface area contributed by atoms with E-state index in [-0.39, 0.29) is 5.91 Å². The summed E-state index contributed by atoms with van der Waals surface area (Å²) >= 11 is 0. The molecule has 0 atom stereocenters. The maximum atomic E-state index is 12.5. The third-order valence-electron chi connectivity index (χ3n) is 3.30. The number of aromatic nitrogens is 2. The van der Waals surface area contributed by atoms with Crippen LogP contribution in [0.3, 0.4) is 0 Å². The Morgan fingerprint density at radius 3 is 2.73 bits per heavy atom. The fraction of sp³-hybridized carbons (Fsp3) is 0.118. The number of pyridine rings is 1. The number of carbonyl (C=O) groups excluding carboxylic acids is 1. The van der Waals surface area contributed by atoms with Crippen LogP contribution in [0.2, 0.25) is 0 Å². The van der Waals surface area contributed by atoms with Gasteiger partial charge in [-0.2, -0.15) is 0 Å². The molecule has 0 saturated carbocycles. The largest absolute Gasteiger partial charge is 0.355 e. The molecule has 5 heteroatoms. The van der Waals surface area contributed by atoms with Crippen LogP contribution in [-0.2, 0) is 6.54 Å². The van der Waals surface area contributed by atoms with E-state index in [9.17, 15) is 4.79 Å². The first-order valence-corrected chi connectivity index (χ1v) is 6.94. The van der Waals surface area contributed by atoms with Gasteiger partial charge in [0.15, 0.2) is 5.76 Å². The summed E-state index contributed by atoms with van der Waals surface area (Å²) in [4.78, 5) is 16.5. The van der Waals surface area contributed by atoms with Crippen molar-refractivity contribution in [3.8, 4) is 11.3 Å². The van der Waals surface area contributed by atoms with Crippen molar-refractivity contribution in [2.45, 2.75) is 13.5 Å². The van der Waals surface area contributed by atoms with E-state index in [0.29, 0.717) is 23.6 Å².